The Balaban J connectivity index is 1.41. The molecular weight excluding hydrogens is 528 g/mol. The molecule has 2 aliphatic carbocycles. The third-order valence-corrected chi connectivity index (χ3v) is 8.47. The summed E-state index contributed by atoms with van der Waals surface area (Å²) < 4.78 is 0. The van der Waals surface area contributed by atoms with Crippen LogP contribution in [0.4, 0.5) is 5.69 Å². The van der Waals surface area contributed by atoms with E-state index >= 15 is 0 Å². The van der Waals surface area contributed by atoms with Crippen molar-refractivity contribution in [1.29, 1.82) is 0 Å². The Morgan fingerprint density at radius 1 is 1.22 bits per heavy atom. The second-order valence-electron chi connectivity index (χ2n) is 10.5. The van der Waals surface area contributed by atoms with Gasteiger partial charge in [-0.3, -0.25) is 14.9 Å². The Hall–Kier alpha value is -4.43. The number of rotatable bonds is 8. The molecule has 7 nitrogen and oxygen atoms in total. The number of nitrogens with zero attached hydrogens (tertiary/aromatic N) is 2. The van der Waals surface area contributed by atoms with Crippen LogP contribution >= 0.6 is 11.3 Å². The summed E-state index contributed by atoms with van der Waals surface area (Å²) in [5.74, 6) is 0.0139. The molecule has 1 amide bonds. The topological polar surface area (TPSA) is 112 Å². The second-order valence-corrected chi connectivity index (χ2v) is 11.8. The van der Waals surface area contributed by atoms with Gasteiger partial charge >= 0.3 is 0 Å². The largest absolute Gasteiger partial charge is 0.403 e. The van der Waals surface area contributed by atoms with Crippen molar-refractivity contribution in [1.82, 2.24) is 20.2 Å². The molecule has 41 heavy (non-hydrogen) atoms. The fourth-order valence-electron chi connectivity index (χ4n) is 5.19. The Labute approximate surface area is 243 Å². The second kappa shape index (κ2) is 11.6. The third kappa shape index (κ3) is 5.74. The smallest absolute Gasteiger partial charge is 0.224 e. The molecule has 6 rings (SSSR count). The van der Waals surface area contributed by atoms with Gasteiger partial charge in [-0.05, 0) is 62.1 Å². The van der Waals surface area contributed by atoms with Crippen molar-refractivity contribution in [3.8, 4) is 11.4 Å². The highest BCUT2D eigenvalue weighted by Crippen LogP contribution is 2.38. The molecule has 2 aliphatic rings. The summed E-state index contributed by atoms with van der Waals surface area (Å²) in [6, 6.07) is 8.57. The van der Waals surface area contributed by atoms with Crippen LogP contribution in [0.2, 0.25) is 0 Å². The number of hydrogen-bond donors (Lipinski definition) is 4. The Morgan fingerprint density at radius 2 is 2.10 bits per heavy atom. The number of allylic oxidation sites excluding steroid dienone is 5. The Kier molecular flexibility index (Phi) is 7.57. The number of hydrogen-bond acceptors (Lipinski definition) is 5. The van der Waals surface area contributed by atoms with Crippen molar-refractivity contribution in [2.45, 2.75) is 52.4 Å². The van der Waals surface area contributed by atoms with Crippen LogP contribution in [0.5, 0.6) is 0 Å². The number of nitrogens with two attached hydrogens (primary N) is 1. The number of fused-ring (bicyclic) bond motifs is 1. The molecule has 0 atom stereocenters. The third-order valence-electron chi connectivity index (χ3n) is 7.43. The lowest BCUT2D eigenvalue weighted by atomic mass is 10.0. The fraction of sp³-hybridized carbons (Fsp3) is 0.242. The van der Waals surface area contributed by atoms with Gasteiger partial charge in [0.15, 0.2) is 0 Å². The first kappa shape index (κ1) is 26.8. The van der Waals surface area contributed by atoms with E-state index in [1.807, 2.05) is 12.3 Å². The van der Waals surface area contributed by atoms with Gasteiger partial charge in [0, 0.05) is 62.6 Å². The number of aromatic amines is 2. The predicted molar refractivity (Wildman–Crippen MR) is 168 cm³/mol. The maximum atomic E-state index is 12.4. The van der Waals surface area contributed by atoms with Crippen LogP contribution in [0.15, 0.2) is 60.5 Å². The molecule has 1 fully saturated rings. The molecule has 4 heterocycles. The van der Waals surface area contributed by atoms with E-state index < -0.39 is 0 Å². The lowest BCUT2D eigenvalue weighted by Crippen LogP contribution is -2.25. The maximum Gasteiger partial charge on any atom is 0.224 e. The van der Waals surface area contributed by atoms with E-state index in [9.17, 15) is 4.79 Å². The summed E-state index contributed by atoms with van der Waals surface area (Å²) >= 11 is 1.80. The van der Waals surface area contributed by atoms with Crippen molar-refractivity contribution in [2.24, 2.45) is 5.73 Å². The number of amides is 1. The van der Waals surface area contributed by atoms with Gasteiger partial charge in [-0.15, -0.1) is 11.3 Å². The Morgan fingerprint density at radius 3 is 2.85 bits per heavy atom. The minimum atomic E-state index is 0.0139. The number of aryl methyl sites for hydroxylation is 1. The number of H-pyrrole nitrogens is 2. The number of nitrogens with one attached hydrogen (secondary N) is 3. The highest BCUT2D eigenvalue weighted by Gasteiger charge is 2.21. The molecule has 0 aliphatic heterocycles. The first-order chi connectivity index (χ1) is 20.0. The van der Waals surface area contributed by atoms with Gasteiger partial charge in [-0.25, -0.2) is 0 Å². The molecule has 0 spiro atoms. The summed E-state index contributed by atoms with van der Waals surface area (Å²) in [7, 11) is 0. The van der Waals surface area contributed by atoms with Crippen LogP contribution in [-0.4, -0.2) is 26.1 Å². The number of carbonyl (C=O) groups excluding carboxylic acids is 1. The van der Waals surface area contributed by atoms with Gasteiger partial charge in [0.25, 0.3) is 0 Å². The zero-order valence-corrected chi connectivity index (χ0v) is 24.2. The highest BCUT2D eigenvalue weighted by atomic mass is 32.1. The van der Waals surface area contributed by atoms with Crippen LogP contribution in [0, 0.1) is 6.92 Å². The van der Waals surface area contributed by atoms with E-state index in [0.29, 0.717) is 12.1 Å². The van der Waals surface area contributed by atoms with Crippen LogP contribution in [-0.2, 0) is 11.2 Å². The lowest BCUT2D eigenvalue weighted by molar-refractivity contribution is -0.116. The molecular formula is C33H34N6OS. The molecule has 5 N–H and O–H groups in total. The van der Waals surface area contributed by atoms with E-state index in [2.05, 4.69) is 76.7 Å². The first-order valence-corrected chi connectivity index (χ1v) is 15.0. The van der Waals surface area contributed by atoms with Crippen molar-refractivity contribution < 1.29 is 4.79 Å². The molecule has 0 bridgehead atoms. The number of pyridine rings is 1. The zero-order chi connectivity index (χ0) is 28.3. The minimum absolute atomic E-state index is 0.0139. The van der Waals surface area contributed by atoms with Gasteiger partial charge < -0.3 is 16.0 Å². The highest BCUT2D eigenvalue weighted by molar-refractivity contribution is 7.13. The van der Waals surface area contributed by atoms with Gasteiger partial charge in [-0.1, -0.05) is 37.1 Å². The molecule has 4 aromatic heterocycles. The number of aromatic nitrogens is 4. The minimum Gasteiger partial charge on any atom is -0.403 e. The monoisotopic (exact) mass is 562 g/mol. The first-order valence-electron chi connectivity index (χ1n) is 14.2. The zero-order valence-electron chi connectivity index (χ0n) is 23.4. The van der Waals surface area contributed by atoms with E-state index in [-0.39, 0.29) is 5.91 Å². The normalized spacial score (nSPS) is 15.1. The summed E-state index contributed by atoms with van der Waals surface area (Å²) in [6.07, 6.45) is 19.0. The number of carbonyl (C=O) groups is 1. The summed E-state index contributed by atoms with van der Waals surface area (Å²) in [5.41, 5.74) is 15.5. The van der Waals surface area contributed by atoms with E-state index in [1.165, 1.54) is 26.5 Å². The summed E-state index contributed by atoms with van der Waals surface area (Å²) in [4.78, 5) is 23.0. The Bertz CT molecular complexity index is 1820. The number of anilines is 1. The van der Waals surface area contributed by atoms with E-state index in [1.54, 1.807) is 23.7 Å². The fourth-order valence-corrected chi connectivity index (χ4v) is 6.09. The average Bonchev–Trinajstić information content (AvgIpc) is 3.46. The number of unbranched alkanes of at least 4 members (excludes halogenated alkanes) is 1. The molecule has 0 saturated heterocycles. The quantitative estimate of drug-likeness (QED) is 0.225. The average molecular weight is 563 g/mol. The van der Waals surface area contributed by atoms with Crippen molar-refractivity contribution in [3.05, 3.63) is 97.6 Å². The predicted octanol–water partition coefficient (Wildman–Crippen LogP) is 5.57. The summed E-state index contributed by atoms with van der Waals surface area (Å²) in [5, 5.41) is 12.5. The number of thiophene rings is 1. The molecule has 4 aromatic rings. The van der Waals surface area contributed by atoms with Crippen LogP contribution in [0.3, 0.4) is 0 Å². The van der Waals surface area contributed by atoms with Crippen LogP contribution in [0.25, 0.3) is 34.8 Å². The van der Waals surface area contributed by atoms with Gasteiger partial charge in [0.05, 0.1) is 22.9 Å². The van der Waals surface area contributed by atoms with Crippen LogP contribution in [0.1, 0.15) is 65.6 Å². The maximum absolute atomic E-state index is 12.4. The molecule has 0 aromatic carbocycles. The lowest BCUT2D eigenvalue weighted by Gasteiger charge is -2.08. The van der Waals surface area contributed by atoms with E-state index in [4.69, 9.17) is 10.8 Å². The van der Waals surface area contributed by atoms with Crippen LogP contribution < -0.4 is 21.6 Å². The van der Waals surface area contributed by atoms with Gasteiger partial charge in [0.2, 0.25) is 5.91 Å². The molecule has 0 unspecified atom stereocenters. The SMILES string of the molecule is CCCCC(=O)Nc1cncc(C(/C=c2/c(-c3cc4c([nH]3)CC=CC=C4c3ccc(C)s3)n[nH]/c2=C/N)=C2CC2)c1. The van der Waals surface area contributed by atoms with E-state index in [0.717, 1.165) is 70.9 Å². The van der Waals surface area contributed by atoms with Gasteiger partial charge in [-0.2, -0.15) is 5.10 Å². The molecule has 208 valence electrons. The molecule has 8 heteroatoms. The summed E-state index contributed by atoms with van der Waals surface area (Å²) in [6.45, 7) is 4.22. The molecule has 0 radical (unpaired) electrons. The van der Waals surface area contributed by atoms with Crippen molar-refractivity contribution >= 4 is 46.4 Å². The van der Waals surface area contributed by atoms with Crippen molar-refractivity contribution in [3.63, 3.8) is 0 Å². The standard InChI is InChI=1S/C33H34N6OS/c1-3-4-9-32(40)36-23-14-22(18-35-19-23)25(21-11-12-21)15-27-30(17-34)38-39-33(27)29-16-26-24(31-13-10-20(2)41-31)7-5-6-8-28(26)37-29/h5-7,10,13-19,37-38H,3-4,8-9,11-12,34H2,1-2H3,(H,36,40)/b27-15+,30-17+. The molecule has 1 saturated carbocycles. The van der Waals surface area contributed by atoms with Gasteiger partial charge in [0.1, 0.15) is 5.69 Å². The van der Waals surface area contributed by atoms with Crippen molar-refractivity contribution in [2.75, 3.05) is 5.32 Å².